The predicted molar refractivity (Wildman–Crippen MR) is 67.0 cm³/mol. The third-order valence-corrected chi connectivity index (χ3v) is 2.19. The maximum atomic E-state index is 11.5. The molecule has 0 aliphatic rings. The summed E-state index contributed by atoms with van der Waals surface area (Å²) in [5.41, 5.74) is 9.39. The van der Waals surface area contributed by atoms with Crippen molar-refractivity contribution in [3.63, 3.8) is 0 Å². The van der Waals surface area contributed by atoms with Crippen LogP contribution in [0.25, 0.3) is 0 Å². The molecule has 1 rings (SSSR count). The van der Waals surface area contributed by atoms with Crippen LogP contribution in [0, 0.1) is 0 Å². The minimum atomic E-state index is -0.164. The van der Waals surface area contributed by atoms with Crippen molar-refractivity contribution >= 4 is 11.6 Å². The molecule has 0 aromatic heterocycles. The first-order valence-corrected chi connectivity index (χ1v) is 5.30. The summed E-state index contributed by atoms with van der Waals surface area (Å²) in [5.74, 6) is 0.606. The summed E-state index contributed by atoms with van der Waals surface area (Å²) in [6, 6.07) is 7.32. The highest BCUT2D eigenvalue weighted by Gasteiger charge is 2.02. The van der Waals surface area contributed by atoms with Gasteiger partial charge in [-0.1, -0.05) is 12.1 Å². The van der Waals surface area contributed by atoms with E-state index in [1.165, 1.54) is 0 Å². The zero-order chi connectivity index (χ0) is 12.7. The summed E-state index contributed by atoms with van der Waals surface area (Å²) >= 11 is 0. The first-order valence-electron chi connectivity index (χ1n) is 5.30. The average molecular weight is 235 g/mol. The maximum absolute atomic E-state index is 11.5. The Labute approximate surface area is 101 Å². The highest BCUT2D eigenvalue weighted by Crippen LogP contribution is 2.11. The Bertz CT molecular complexity index is 399. The molecule has 0 heterocycles. The number of hydrazone groups is 1. The zero-order valence-electron chi connectivity index (χ0n) is 10.1. The molecule has 0 saturated carbocycles. The number of hydrogen-bond acceptors (Lipinski definition) is 4. The third kappa shape index (κ3) is 4.65. The minimum absolute atomic E-state index is 0.164. The van der Waals surface area contributed by atoms with Gasteiger partial charge in [0, 0.05) is 12.3 Å². The van der Waals surface area contributed by atoms with Crippen LogP contribution in [-0.4, -0.2) is 25.3 Å². The van der Waals surface area contributed by atoms with Crippen LogP contribution >= 0.6 is 0 Å². The van der Waals surface area contributed by atoms with Crippen LogP contribution in [0.4, 0.5) is 0 Å². The Hall–Kier alpha value is -1.88. The number of nitrogens with zero attached hydrogens (tertiary/aromatic N) is 1. The zero-order valence-corrected chi connectivity index (χ0v) is 10.1. The summed E-state index contributed by atoms with van der Waals surface area (Å²) in [7, 11) is 1.60. The van der Waals surface area contributed by atoms with E-state index in [0.29, 0.717) is 12.3 Å². The van der Waals surface area contributed by atoms with Gasteiger partial charge in [-0.25, -0.2) is 5.43 Å². The normalized spacial score (nSPS) is 11.1. The standard InChI is InChI=1S/C12H17N3O2/c1-9(8-13)14-15-12(16)7-10-3-5-11(17-2)6-4-10/h3-6H,7-8,13H2,1-2H3,(H,15,16). The number of hydrogen-bond donors (Lipinski definition) is 2. The summed E-state index contributed by atoms with van der Waals surface area (Å²) in [6.45, 7) is 2.09. The maximum Gasteiger partial charge on any atom is 0.244 e. The lowest BCUT2D eigenvalue weighted by atomic mass is 10.1. The monoisotopic (exact) mass is 235 g/mol. The van der Waals surface area contributed by atoms with Gasteiger partial charge in [-0.15, -0.1) is 0 Å². The molecule has 0 saturated heterocycles. The van der Waals surface area contributed by atoms with Crippen LogP contribution in [0.15, 0.2) is 29.4 Å². The lowest BCUT2D eigenvalue weighted by molar-refractivity contribution is -0.120. The van der Waals surface area contributed by atoms with Crippen LogP contribution in [0.1, 0.15) is 12.5 Å². The molecular weight excluding hydrogens is 218 g/mol. The minimum Gasteiger partial charge on any atom is -0.497 e. The SMILES string of the molecule is COc1ccc(CC(=O)NN=C(C)CN)cc1. The second kappa shape index (κ2) is 6.65. The molecule has 0 fully saturated rings. The van der Waals surface area contributed by atoms with Crippen LogP contribution in [-0.2, 0) is 11.2 Å². The van der Waals surface area contributed by atoms with Crippen molar-refractivity contribution in [2.24, 2.45) is 10.8 Å². The molecule has 1 aromatic carbocycles. The molecule has 0 unspecified atom stereocenters. The number of amides is 1. The van der Waals surface area contributed by atoms with Gasteiger partial charge in [0.05, 0.1) is 13.5 Å². The predicted octanol–water partition coefficient (Wildman–Crippen LogP) is 0.688. The number of carbonyl (C=O) groups excluding carboxylic acids is 1. The summed E-state index contributed by atoms with van der Waals surface area (Å²) in [4.78, 5) is 11.5. The molecule has 0 atom stereocenters. The Kier molecular flexibility index (Phi) is 5.16. The largest absolute Gasteiger partial charge is 0.497 e. The molecule has 5 heteroatoms. The van der Waals surface area contributed by atoms with E-state index < -0.39 is 0 Å². The lowest BCUT2D eigenvalue weighted by Gasteiger charge is -2.03. The Morgan fingerprint density at radius 2 is 2.06 bits per heavy atom. The Morgan fingerprint density at radius 3 is 2.59 bits per heavy atom. The van der Waals surface area contributed by atoms with E-state index in [0.717, 1.165) is 11.3 Å². The molecule has 0 radical (unpaired) electrons. The van der Waals surface area contributed by atoms with Gasteiger partial charge in [0.25, 0.3) is 0 Å². The number of nitrogens with two attached hydrogens (primary N) is 1. The molecule has 0 aliphatic heterocycles. The first kappa shape index (κ1) is 13.2. The lowest BCUT2D eigenvalue weighted by Crippen LogP contribution is -2.23. The van der Waals surface area contributed by atoms with Crippen LogP contribution in [0.2, 0.25) is 0 Å². The van der Waals surface area contributed by atoms with Crippen molar-refractivity contribution < 1.29 is 9.53 Å². The number of carbonyl (C=O) groups is 1. The average Bonchev–Trinajstić information content (AvgIpc) is 2.36. The van der Waals surface area contributed by atoms with Crippen molar-refractivity contribution in [3.05, 3.63) is 29.8 Å². The molecule has 3 N–H and O–H groups in total. The van der Waals surface area contributed by atoms with E-state index in [2.05, 4.69) is 10.5 Å². The molecule has 0 aliphatic carbocycles. The Balaban J connectivity index is 2.50. The van der Waals surface area contributed by atoms with Crippen molar-refractivity contribution in [2.45, 2.75) is 13.3 Å². The van der Waals surface area contributed by atoms with Crippen molar-refractivity contribution in [1.29, 1.82) is 0 Å². The van der Waals surface area contributed by atoms with E-state index in [1.807, 2.05) is 24.3 Å². The molecule has 0 bridgehead atoms. The van der Waals surface area contributed by atoms with Gasteiger partial charge >= 0.3 is 0 Å². The number of nitrogens with one attached hydrogen (secondary N) is 1. The molecule has 5 nitrogen and oxygen atoms in total. The van der Waals surface area contributed by atoms with Gasteiger partial charge < -0.3 is 10.5 Å². The third-order valence-electron chi connectivity index (χ3n) is 2.19. The van der Waals surface area contributed by atoms with Gasteiger partial charge in [0.15, 0.2) is 0 Å². The number of rotatable bonds is 5. The van der Waals surface area contributed by atoms with Crippen LogP contribution < -0.4 is 15.9 Å². The fraction of sp³-hybridized carbons (Fsp3) is 0.333. The van der Waals surface area contributed by atoms with Crippen molar-refractivity contribution in [1.82, 2.24) is 5.43 Å². The molecule has 1 aromatic rings. The van der Waals surface area contributed by atoms with E-state index in [9.17, 15) is 4.79 Å². The smallest absolute Gasteiger partial charge is 0.244 e. The highest BCUT2D eigenvalue weighted by molar-refractivity contribution is 5.86. The Morgan fingerprint density at radius 1 is 1.41 bits per heavy atom. The molecular formula is C12H17N3O2. The van der Waals surface area contributed by atoms with Crippen molar-refractivity contribution in [2.75, 3.05) is 13.7 Å². The molecule has 92 valence electrons. The number of ether oxygens (including phenoxy) is 1. The topological polar surface area (TPSA) is 76.7 Å². The highest BCUT2D eigenvalue weighted by atomic mass is 16.5. The first-order chi connectivity index (χ1) is 8.15. The quantitative estimate of drug-likeness (QED) is 0.582. The van der Waals surface area contributed by atoms with Gasteiger partial charge in [-0.2, -0.15) is 5.10 Å². The summed E-state index contributed by atoms with van der Waals surface area (Å²) < 4.78 is 5.03. The molecule has 0 spiro atoms. The number of benzene rings is 1. The van der Waals surface area contributed by atoms with Crippen LogP contribution in [0.5, 0.6) is 5.75 Å². The van der Waals surface area contributed by atoms with E-state index in [-0.39, 0.29) is 12.3 Å². The summed E-state index contributed by atoms with van der Waals surface area (Å²) in [6.07, 6.45) is 0.283. The fourth-order valence-electron chi connectivity index (χ4n) is 1.17. The van der Waals surface area contributed by atoms with Gasteiger partial charge in [-0.3, -0.25) is 4.79 Å². The summed E-state index contributed by atoms with van der Waals surface area (Å²) in [5, 5.41) is 3.84. The second-order valence-corrected chi connectivity index (χ2v) is 3.61. The van der Waals surface area contributed by atoms with Crippen LogP contribution in [0.3, 0.4) is 0 Å². The van der Waals surface area contributed by atoms with E-state index >= 15 is 0 Å². The second-order valence-electron chi connectivity index (χ2n) is 3.61. The molecule has 17 heavy (non-hydrogen) atoms. The van der Waals surface area contributed by atoms with Gasteiger partial charge in [-0.05, 0) is 24.6 Å². The number of methoxy groups -OCH3 is 1. The van der Waals surface area contributed by atoms with Gasteiger partial charge in [0.2, 0.25) is 5.91 Å². The van der Waals surface area contributed by atoms with Gasteiger partial charge in [0.1, 0.15) is 5.75 Å². The molecule has 1 amide bonds. The van der Waals surface area contributed by atoms with E-state index in [4.69, 9.17) is 10.5 Å². The fourth-order valence-corrected chi connectivity index (χ4v) is 1.17. The van der Waals surface area contributed by atoms with Crippen molar-refractivity contribution in [3.8, 4) is 5.75 Å². The van der Waals surface area contributed by atoms with E-state index in [1.54, 1.807) is 14.0 Å².